The number of nitrogens with zero attached hydrogens (tertiary/aromatic N) is 3. The average Bonchev–Trinajstić information content (AvgIpc) is 2.91. The van der Waals surface area contributed by atoms with Gasteiger partial charge >= 0.3 is 0 Å². The molecule has 1 aromatic heterocycles. The van der Waals surface area contributed by atoms with Gasteiger partial charge in [0, 0.05) is 24.6 Å². The molecule has 1 unspecified atom stereocenters. The van der Waals surface area contributed by atoms with E-state index < -0.39 is 0 Å². The number of imidazole rings is 1. The zero-order valence-electron chi connectivity index (χ0n) is 14.0. The van der Waals surface area contributed by atoms with E-state index in [4.69, 9.17) is 14.5 Å². The van der Waals surface area contributed by atoms with Crippen LogP contribution in [0, 0.1) is 17.2 Å². The molecule has 0 radical (unpaired) electrons. The maximum atomic E-state index is 9.21. The minimum absolute atomic E-state index is 0.0614. The van der Waals surface area contributed by atoms with Gasteiger partial charge in [-0.25, -0.2) is 4.98 Å². The second-order valence-corrected chi connectivity index (χ2v) is 6.11. The minimum atomic E-state index is -0.0614. The third-order valence-corrected chi connectivity index (χ3v) is 4.47. The molecule has 122 valence electrons. The van der Waals surface area contributed by atoms with Gasteiger partial charge in [-0.15, -0.1) is 0 Å². The van der Waals surface area contributed by atoms with E-state index >= 15 is 0 Å². The predicted molar refractivity (Wildman–Crippen MR) is 88.8 cm³/mol. The highest BCUT2D eigenvalue weighted by atomic mass is 16.6. The second-order valence-electron chi connectivity index (χ2n) is 6.11. The Morgan fingerprint density at radius 3 is 2.48 bits per heavy atom. The molecule has 0 saturated carbocycles. The summed E-state index contributed by atoms with van der Waals surface area (Å²) in [4.78, 5) is 4.87. The molecule has 1 aliphatic rings. The summed E-state index contributed by atoms with van der Waals surface area (Å²) >= 11 is 0. The first-order valence-corrected chi connectivity index (χ1v) is 8.37. The molecule has 5 nitrogen and oxygen atoms in total. The smallest absolute Gasteiger partial charge is 0.163 e. The van der Waals surface area contributed by atoms with Crippen molar-refractivity contribution in [1.29, 1.82) is 5.26 Å². The van der Waals surface area contributed by atoms with Gasteiger partial charge in [0.05, 0.1) is 23.0 Å². The molecule has 0 amide bonds. The van der Waals surface area contributed by atoms with Gasteiger partial charge in [0.25, 0.3) is 0 Å². The summed E-state index contributed by atoms with van der Waals surface area (Å²) in [6.45, 7) is 8.11. The highest BCUT2D eigenvalue weighted by Gasteiger charge is 2.22. The standard InChI is InChI=1S/C18H23N3O2/c1-4-13(5-2)18-20-14-8-16-17(23-7-6-22-16)9-15(14)21(18)11-12(3)10-19/h8-9,12-13H,4-7,11H2,1-3H3. The van der Waals surface area contributed by atoms with Crippen molar-refractivity contribution in [1.82, 2.24) is 9.55 Å². The van der Waals surface area contributed by atoms with Crippen molar-refractivity contribution in [3.63, 3.8) is 0 Å². The van der Waals surface area contributed by atoms with Crippen molar-refractivity contribution in [3.05, 3.63) is 18.0 Å². The quantitative estimate of drug-likeness (QED) is 0.840. The van der Waals surface area contributed by atoms with Crippen LogP contribution in [0.15, 0.2) is 12.1 Å². The van der Waals surface area contributed by atoms with Crippen molar-refractivity contribution < 1.29 is 9.47 Å². The summed E-state index contributed by atoms with van der Waals surface area (Å²) in [5.74, 6) is 2.93. The van der Waals surface area contributed by atoms with Gasteiger partial charge in [-0.1, -0.05) is 13.8 Å². The molecular formula is C18H23N3O2. The zero-order valence-corrected chi connectivity index (χ0v) is 14.0. The number of hydrogen-bond acceptors (Lipinski definition) is 4. The van der Waals surface area contributed by atoms with Gasteiger partial charge in [0.1, 0.15) is 19.0 Å². The van der Waals surface area contributed by atoms with Crippen molar-refractivity contribution in [2.24, 2.45) is 5.92 Å². The molecule has 0 fully saturated rings. The van der Waals surface area contributed by atoms with Crippen LogP contribution in [-0.4, -0.2) is 22.8 Å². The lowest BCUT2D eigenvalue weighted by molar-refractivity contribution is 0.172. The molecule has 23 heavy (non-hydrogen) atoms. The summed E-state index contributed by atoms with van der Waals surface area (Å²) in [5, 5.41) is 9.21. The Hall–Kier alpha value is -2.22. The number of fused-ring (bicyclic) bond motifs is 2. The molecule has 1 atom stereocenters. The molecule has 1 aliphatic heterocycles. The predicted octanol–water partition coefficient (Wildman–Crippen LogP) is 3.87. The first kappa shape index (κ1) is 15.7. The van der Waals surface area contributed by atoms with E-state index in [0.29, 0.717) is 25.7 Å². The van der Waals surface area contributed by atoms with Crippen LogP contribution in [-0.2, 0) is 6.54 Å². The average molecular weight is 313 g/mol. The summed E-state index contributed by atoms with van der Waals surface area (Å²) in [5.41, 5.74) is 1.94. The number of rotatable bonds is 5. The van der Waals surface area contributed by atoms with E-state index in [1.807, 2.05) is 19.1 Å². The SMILES string of the molecule is CCC(CC)c1nc2cc3c(cc2n1CC(C)C#N)OCCO3. The Bertz CT molecular complexity index is 741. The monoisotopic (exact) mass is 313 g/mol. The van der Waals surface area contributed by atoms with Gasteiger partial charge in [-0.3, -0.25) is 0 Å². The van der Waals surface area contributed by atoms with Crippen LogP contribution in [0.1, 0.15) is 45.4 Å². The zero-order chi connectivity index (χ0) is 16.4. The Morgan fingerprint density at radius 1 is 1.22 bits per heavy atom. The highest BCUT2D eigenvalue weighted by Crippen LogP contribution is 2.36. The molecule has 2 heterocycles. The summed E-state index contributed by atoms with van der Waals surface area (Å²) in [6.07, 6.45) is 2.07. The van der Waals surface area contributed by atoms with Gasteiger partial charge in [-0.2, -0.15) is 5.26 Å². The van der Waals surface area contributed by atoms with Crippen LogP contribution in [0.3, 0.4) is 0 Å². The fourth-order valence-corrected chi connectivity index (χ4v) is 3.15. The minimum Gasteiger partial charge on any atom is -0.486 e. The molecule has 5 heteroatoms. The van der Waals surface area contributed by atoms with Crippen LogP contribution in [0.2, 0.25) is 0 Å². The lowest BCUT2D eigenvalue weighted by Gasteiger charge is -2.19. The Balaban J connectivity index is 2.16. The molecule has 0 aliphatic carbocycles. The molecule has 0 saturated heterocycles. The first-order valence-electron chi connectivity index (χ1n) is 8.37. The van der Waals surface area contributed by atoms with E-state index in [-0.39, 0.29) is 5.92 Å². The third kappa shape index (κ3) is 2.86. The molecular weight excluding hydrogens is 290 g/mol. The number of nitriles is 1. The van der Waals surface area contributed by atoms with E-state index in [0.717, 1.165) is 41.2 Å². The van der Waals surface area contributed by atoms with E-state index in [2.05, 4.69) is 24.5 Å². The van der Waals surface area contributed by atoms with Crippen molar-refractivity contribution in [3.8, 4) is 17.6 Å². The fourth-order valence-electron chi connectivity index (χ4n) is 3.15. The first-order chi connectivity index (χ1) is 11.2. The lowest BCUT2D eigenvalue weighted by atomic mass is 10.0. The maximum Gasteiger partial charge on any atom is 0.163 e. The topological polar surface area (TPSA) is 60.1 Å². The Labute approximate surface area is 136 Å². The van der Waals surface area contributed by atoms with E-state index in [1.165, 1.54) is 0 Å². The van der Waals surface area contributed by atoms with Crippen molar-refractivity contribution in [2.45, 2.75) is 46.1 Å². The normalized spacial score (nSPS) is 14.9. The molecule has 0 bridgehead atoms. The van der Waals surface area contributed by atoms with Crippen molar-refractivity contribution >= 4 is 11.0 Å². The van der Waals surface area contributed by atoms with Crippen LogP contribution in [0.5, 0.6) is 11.5 Å². The maximum absolute atomic E-state index is 9.21. The highest BCUT2D eigenvalue weighted by molar-refractivity contribution is 5.81. The van der Waals surface area contributed by atoms with E-state index in [1.54, 1.807) is 0 Å². The van der Waals surface area contributed by atoms with Gasteiger partial charge in [-0.05, 0) is 19.8 Å². The Morgan fingerprint density at radius 2 is 1.87 bits per heavy atom. The van der Waals surface area contributed by atoms with Gasteiger partial charge in [0.15, 0.2) is 11.5 Å². The third-order valence-electron chi connectivity index (χ3n) is 4.47. The molecule has 2 aromatic rings. The second kappa shape index (κ2) is 6.49. The summed E-state index contributed by atoms with van der Waals surface area (Å²) < 4.78 is 13.6. The van der Waals surface area contributed by atoms with Gasteiger partial charge < -0.3 is 14.0 Å². The van der Waals surface area contributed by atoms with Crippen molar-refractivity contribution in [2.75, 3.05) is 13.2 Å². The number of aromatic nitrogens is 2. The Kier molecular flexibility index (Phi) is 4.42. The van der Waals surface area contributed by atoms with Crippen LogP contribution in [0.25, 0.3) is 11.0 Å². The lowest BCUT2D eigenvalue weighted by Crippen LogP contribution is -2.15. The summed E-state index contributed by atoms with van der Waals surface area (Å²) in [6, 6.07) is 6.30. The number of ether oxygens (including phenoxy) is 2. The summed E-state index contributed by atoms with van der Waals surface area (Å²) in [7, 11) is 0. The number of benzene rings is 1. The molecule has 0 spiro atoms. The fraction of sp³-hybridized carbons (Fsp3) is 0.556. The van der Waals surface area contributed by atoms with E-state index in [9.17, 15) is 5.26 Å². The largest absolute Gasteiger partial charge is 0.486 e. The number of hydrogen-bond donors (Lipinski definition) is 0. The van der Waals surface area contributed by atoms with Gasteiger partial charge in [0.2, 0.25) is 0 Å². The molecule has 3 rings (SSSR count). The molecule has 0 N–H and O–H groups in total. The van der Waals surface area contributed by atoms with Crippen LogP contribution in [0.4, 0.5) is 0 Å². The van der Waals surface area contributed by atoms with Crippen LogP contribution >= 0.6 is 0 Å². The van der Waals surface area contributed by atoms with Crippen LogP contribution < -0.4 is 9.47 Å². The molecule has 1 aromatic carbocycles.